The summed E-state index contributed by atoms with van der Waals surface area (Å²) < 4.78 is 25.6. The summed E-state index contributed by atoms with van der Waals surface area (Å²) in [5.74, 6) is -2.15. The Morgan fingerprint density at radius 3 is 2.59 bits per heavy atom. The van der Waals surface area contributed by atoms with Crippen molar-refractivity contribution in [2.24, 2.45) is 0 Å². The van der Waals surface area contributed by atoms with Crippen LogP contribution in [0.25, 0.3) is 0 Å². The van der Waals surface area contributed by atoms with Crippen LogP contribution in [0.2, 0.25) is 0 Å². The normalized spacial score (nSPS) is 12.3. The molecule has 0 saturated heterocycles. The Labute approximate surface area is 98.7 Å². The van der Waals surface area contributed by atoms with E-state index in [4.69, 9.17) is 5.11 Å². The van der Waals surface area contributed by atoms with Crippen molar-refractivity contribution in [3.63, 3.8) is 0 Å². The van der Waals surface area contributed by atoms with Crippen molar-refractivity contribution in [1.29, 1.82) is 0 Å². The smallest absolute Gasteiger partial charge is 0.227 e. The second kappa shape index (κ2) is 5.72. The van der Waals surface area contributed by atoms with Crippen LogP contribution in [0.15, 0.2) is 18.2 Å². The molecule has 17 heavy (non-hydrogen) atoms. The van der Waals surface area contributed by atoms with Crippen molar-refractivity contribution in [2.75, 3.05) is 13.7 Å². The maximum Gasteiger partial charge on any atom is 0.227 e. The Bertz CT molecular complexity index is 409. The van der Waals surface area contributed by atoms with E-state index in [1.54, 1.807) is 14.0 Å². The number of amides is 1. The van der Waals surface area contributed by atoms with Gasteiger partial charge in [-0.2, -0.15) is 0 Å². The monoisotopic (exact) mass is 243 g/mol. The molecular formula is C12H15F2NO2. The van der Waals surface area contributed by atoms with Crippen LogP contribution in [0.1, 0.15) is 12.5 Å². The van der Waals surface area contributed by atoms with Crippen LogP contribution < -0.4 is 0 Å². The van der Waals surface area contributed by atoms with E-state index in [2.05, 4.69) is 0 Å². The highest BCUT2D eigenvalue weighted by molar-refractivity contribution is 5.78. The summed E-state index contributed by atoms with van der Waals surface area (Å²) in [5, 5.41) is 8.90. The molecule has 1 aromatic carbocycles. The first-order chi connectivity index (χ1) is 7.95. The topological polar surface area (TPSA) is 40.5 Å². The quantitative estimate of drug-likeness (QED) is 0.867. The van der Waals surface area contributed by atoms with E-state index in [0.717, 1.165) is 12.1 Å². The fourth-order valence-corrected chi connectivity index (χ4v) is 1.32. The number of aliphatic hydroxyl groups is 1. The van der Waals surface area contributed by atoms with Gasteiger partial charge in [0.1, 0.15) is 0 Å². The van der Waals surface area contributed by atoms with Gasteiger partial charge in [0.15, 0.2) is 11.6 Å². The lowest BCUT2D eigenvalue weighted by molar-refractivity contribution is -0.131. The van der Waals surface area contributed by atoms with Gasteiger partial charge in [-0.25, -0.2) is 8.78 Å². The summed E-state index contributed by atoms with van der Waals surface area (Å²) in [6.07, 6.45) is -0.0158. The molecule has 0 aliphatic rings. The largest absolute Gasteiger partial charge is 0.394 e. The maximum absolute atomic E-state index is 12.9. The Balaban J connectivity index is 2.71. The average Bonchev–Trinajstić information content (AvgIpc) is 2.31. The highest BCUT2D eigenvalue weighted by Gasteiger charge is 2.15. The van der Waals surface area contributed by atoms with Crippen molar-refractivity contribution < 1.29 is 18.7 Å². The minimum absolute atomic E-state index is 0.0158. The summed E-state index contributed by atoms with van der Waals surface area (Å²) in [4.78, 5) is 13.1. The molecule has 1 amide bonds. The van der Waals surface area contributed by atoms with E-state index in [0.29, 0.717) is 5.56 Å². The molecule has 1 atom stereocenters. The lowest BCUT2D eigenvalue weighted by Gasteiger charge is -2.23. The van der Waals surface area contributed by atoms with Gasteiger partial charge in [0, 0.05) is 7.05 Å². The lowest BCUT2D eigenvalue weighted by Crippen LogP contribution is -2.38. The van der Waals surface area contributed by atoms with Crippen LogP contribution in [0, 0.1) is 11.6 Å². The zero-order valence-electron chi connectivity index (χ0n) is 9.78. The van der Waals surface area contributed by atoms with Gasteiger partial charge in [-0.1, -0.05) is 6.07 Å². The van der Waals surface area contributed by atoms with Crippen LogP contribution in [0.5, 0.6) is 0 Å². The fraction of sp³-hybridized carbons (Fsp3) is 0.417. The van der Waals surface area contributed by atoms with Crippen LogP contribution in [0.4, 0.5) is 8.78 Å². The summed E-state index contributed by atoms with van der Waals surface area (Å²) in [7, 11) is 1.56. The molecule has 0 saturated carbocycles. The van der Waals surface area contributed by atoms with Crippen molar-refractivity contribution >= 4 is 5.91 Å². The molecule has 1 rings (SSSR count). The molecule has 1 N–H and O–H groups in total. The van der Waals surface area contributed by atoms with Crippen molar-refractivity contribution in [1.82, 2.24) is 4.90 Å². The predicted octanol–water partition coefficient (Wildman–Crippen LogP) is 1.35. The summed E-state index contributed by atoms with van der Waals surface area (Å²) in [6.45, 7) is 1.56. The molecule has 0 fully saturated rings. The molecule has 1 unspecified atom stereocenters. The third-order valence-corrected chi connectivity index (χ3v) is 2.66. The number of halogens is 2. The number of carbonyl (C=O) groups excluding carboxylic acids is 1. The Hall–Kier alpha value is -1.49. The van der Waals surface area contributed by atoms with Gasteiger partial charge in [0.05, 0.1) is 19.1 Å². The van der Waals surface area contributed by atoms with E-state index in [1.165, 1.54) is 11.0 Å². The number of benzene rings is 1. The molecule has 0 bridgehead atoms. The van der Waals surface area contributed by atoms with Gasteiger partial charge in [-0.05, 0) is 24.6 Å². The molecule has 0 aliphatic carbocycles. The van der Waals surface area contributed by atoms with E-state index in [9.17, 15) is 13.6 Å². The third-order valence-electron chi connectivity index (χ3n) is 2.66. The Kier molecular flexibility index (Phi) is 4.57. The van der Waals surface area contributed by atoms with Crippen LogP contribution in [-0.2, 0) is 11.2 Å². The van der Waals surface area contributed by atoms with E-state index < -0.39 is 11.6 Å². The summed E-state index contributed by atoms with van der Waals surface area (Å²) in [6, 6.07) is 3.07. The minimum atomic E-state index is -0.965. The highest BCUT2D eigenvalue weighted by Crippen LogP contribution is 2.10. The van der Waals surface area contributed by atoms with Crippen LogP contribution in [0.3, 0.4) is 0 Å². The first kappa shape index (κ1) is 13.6. The number of aliphatic hydroxyl groups excluding tert-OH is 1. The molecule has 0 aliphatic heterocycles. The number of hydrogen-bond donors (Lipinski definition) is 1. The first-order valence-corrected chi connectivity index (χ1v) is 5.26. The van der Waals surface area contributed by atoms with E-state index in [-0.39, 0.29) is 25.0 Å². The number of hydrogen-bond acceptors (Lipinski definition) is 2. The second-order valence-electron chi connectivity index (χ2n) is 3.96. The third kappa shape index (κ3) is 3.49. The minimum Gasteiger partial charge on any atom is -0.394 e. The van der Waals surface area contributed by atoms with E-state index >= 15 is 0 Å². The zero-order valence-corrected chi connectivity index (χ0v) is 9.78. The summed E-state index contributed by atoms with van der Waals surface area (Å²) >= 11 is 0. The SMILES string of the molecule is CC(CO)N(C)C(=O)Cc1ccc(F)c(F)c1. The molecule has 3 nitrogen and oxygen atoms in total. The molecular weight excluding hydrogens is 228 g/mol. The van der Waals surface area contributed by atoms with Crippen molar-refractivity contribution in [3.8, 4) is 0 Å². The van der Waals surface area contributed by atoms with Crippen molar-refractivity contribution in [3.05, 3.63) is 35.4 Å². The van der Waals surface area contributed by atoms with Gasteiger partial charge in [-0.15, -0.1) is 0 Å². The highest BCUT2D eigenvalue weighted by atomic mass is 19.2. The molecule has 0 heterocycles. The Morgan fingerprint density at radius 1 is 1.41 bits per heavy atom. The lowest BCUT2D eigenvalue weighted by atomic mass is 10.1. The van der Waals surface area contributed by atoms with Crippen LogP contribution in [-0.4, -0.2) is 35.6 Å². The molecule has 1 aromatic rings. The Morgan fingerprint density at radius 2 is 2.06 bits per heavy atom. The molecule has 0 spiro atoms. The van der Waals surface area contributed by atoms with Crippen molar-refractivity contribution in [2.45, 2.75) is 19.4 Å². The first-order valence-electron chi connectivity index (χ1n) is 5.26. The second-order valence-corrected chi connectivity index (χ2v) is 3.96. The number of likely N-dealkylation sites (N-methyl/N-ethyl adjacent to an activating group) is 1. The van der Waals surface area contributed by atoms with Crippen LogP contribution >= 0.6 is 0 Å². The molecule has 5 heteroatoms. The fourth-order valence-electron chi connectivity index (χ4n) is 1.32. The summed E-state index contributed by atoms with van der Waals surface area (Å²) in [5.41, 5.74) is 0.408. The van der Waals surface area contributed by atoms with Gasteiger partial charge in [0.2, 0.25) is 5.91 Å². The average molecular weight is 243 g/mol. The van der Waals surface area contributed by atoms with Gasteiger partial charge >= 0.3 is 0 Å². The molecule has 94 valence electrons. The predicted molar refractivity (Wildman–Crippen MR) is 59.4 cm³/mol. The number of nitrogens with zero attached hydrogens (tertiary/aromatic N) is 1. The number of carbonyl (C=O) groups is 1. The standard InChI is InChI=1S/C12H15F2NO2/c1-8(7-16)15(2)12(17)6-9-3-4-10(13)11(14)5-9/h3-5,8,16H,6-7H2,1-2H3. The van der Waals surface area contributed by atoms with Gasteiger partial charge in [-0.3, -0.25) is 4.79 Å². The zero-order chi connectivity index (χ0) is 13.0. The molecule has 0 radical (unpaired) electrons. The van der Waals surface area contributed by atoms with Gasteiger partial charge < -0.3 is 10.0 Å². The molecule has 0 aromatic heterocycles. The maximum atomic E-state index is 12.9. The number of rotatable bonds is 4. The van der Waals surface area contributed by atoms with Gasteiger partial charge in [0.25, 0.3) is 0 Å². The van der Waals surface area contributed by atoms with E-state index in [1.807, 2.05) is 0 Å².